The number of carbonyl (C=O) groups is 1. The molecule has 158 valence electrons. The molecule has 1 fully saturated rings. The SMILES string of the molecule is CN(C1CCN(C(=O)c2cc3ccccc3n2Cc2ccccc2)CC1)S(C)(=O)=O. The fraction of sp³-hybridized carbons (Fsp3) is 0.348. The van der Waals surface area contributed by atoms with Gasteiger partial charge in [0.2, 0.25) is 10.0 Å². The second kappa shape index (κ2) is 8.24. The molecule has 1 aliphatic heterocycles. The number of aromatic nitrogens is 1. The third-order valence-corrected chi connectivity index (χ3v) is 7.35. The number of amides is 1. The minimum atomic E-state index is -3.23. The number of likely N-dealkylation sites (tertiary alicyclic amines) is 1. The van der Waals surface area contributed by atoms with Gasteiger partial charge < -0.3 is 9.47 Å². The Morgan fingerprint density at radius 2 is 1.67 bits per heavy atom. The molecule has 0 bridgehead atoms. The second-order valence-corrected chi connectivity index (χ2v) is 10.0. The lowest BCUT2D eigenvalue weighted by Crippen LogP contribution is -2.47. The molecule has 1 amide bonds. The molecule has 1 aromatic heterocycles. The zero-order valence-electron chi connectivity index (χ0n) is 17.4. The van der Waals surface area contributed by atoms with E-state index in [2.05, 4.69) is 16.7 Å². The average Bonchev–Trinajstić information content (AvgIpc) is 3.11. The number of hydrogen-bond donors (Lipinski definition) is 0. The van der Waals surface area contributed by atoms with Crippen molar-refractivity contribution >= 4 is 26.8 Å². The van der Waals surface area contributed by atoms with E-state index < -0.39 is 10.0 Å². The first kappa shape index (κ1) is 20.6. The van der Waals surface area contributed by atoms with Crippen molar-refractivity contribution < 1.29 is 13.2 Å². The van der Waals surface area contributed by atoms with Gasteiger partial charge in [-0.1, -0.05) is 48.5 Å². The fourth-order valence-corrected chi connectivity index (χ4v) is 4.94. The molecule has 0 radical (unpaired) electrons. The predicted molar refractivity (Wildman–Crippen MR) is 119 cm³/mol. The quantitative estimate of drug-likeness (QED) is 0.631. The minimum Gasteiger partial charge on any atom is -0.337 e. The van der Waals surface area contributed by atoms with Gasteiger partial charge >= 0.3 is 0 Å². The lowest BCUT2D eigenvalue weighted by Gasteiger charge is -2.35. The third kappa shape index (κ3) is 4.13. The lowest BCUT2D eigenvalue weighted by molar-refractivity contribution is 0.0676. The average molecular weight is 426 g/mol. The maximum Gasteiger partial charge on any atom is 0.270 e. The number of piperidine rings is 1. The van der Waals surface area contributed by atoms with Crippen LogP contribution in [0.5, 0.6) is 0 Å². The Hall–Kier alpha value is -2.64. The van der Waals surface area contributed by atoms with E-state index in [1.54, 1.807) is 7.05 Å². The molecular weight excluding hydrogens is 398 g/mol. The predicted octanol–water partition coefficient (Wildman–Crippen LogP) is 3.19. The highest BCUT2D eigenvalue weighted by atomic mass is 32.2. The molecule has 0 saturated carbocycles. The van der Waals surface area contributed by atoms with Gasteiger partial charge in [0.25, 0.3) is 5.91 Å². The van der Waals surface area contributed by atoms with Crippen LogP contribution in [0.3, 0.4) is 0 Å². The minimum absolute atomic E-state index is 0.00240. The number of hydrogen-bond acceptors (Lipinski definition) is 3. The Balaban J connectivity index is 1.59. The first-order valence-corrected chi connectivity index (χ1v) is 12.0. The third-order valence-electron chi connectivity index (χ3n) is 6.00. The van der Waals surface area contributed by atoms with Crippen LogP contribution < -0.4 is 0 Å². The van der Waals surface area contributed by atoms with Gasteiger partial charge in [0.15, 0.2) is 0 Å². The molecule has 7 heteroatoms. The molecular formula is C23H27N3O3S. The van der Waals surface area contributed by atoms with Gasteiger partial charge in [-0.3, -0.25) is 4.79 Å². The Labute approximate surface area is 177 Å². The summed E-state index contributed by atoms with van der Waals surface area (Å²) in [7, 11) is -1.60. The highest BCUT2D eigenvalue weighted by Crippen LogP contribution is 2.25. The topological polar surface area (TPSA) is 62.6 Å². The zero-order valence-corrected chi connectivity index (χ0v) is 18.2. The molecule has 3 aromatic rings. The number of benzene rings is 2. The van der Waals surface area contributed by atoms with E-state index in [0.717, 1.165) is 16.5 Å². The molecule has 0 atom stereocenters. The van der Waals surface area contributed by atoms with Gasteiger partial charge in [-0.15, -0.1) is 0 Å². The number of nitrogens with zero attached hydrogens (tertiary/aromatic N) is 3. The summed E-state index contributed by atoms with van der Waals surface area (Å²) in [5.74, 6) is 0.00240. The Morgan fingerprint density at radius 3 is 2.33 bits per heavy atom. The molecule has 1 saturated heterocycles. The van der Waals surface area contributed by atoms with Crippen LogP contribution in [-0.4, -0.2) is 60.5 Å². The van der Waals surface area contributed by atoms with Crippen LogP contribution >= 0.6 is 0 Å². The number of rotatable bonds is 5. The van der Waals surface area contributed by atoms with Crippen LogP contribution in [0.25, 0.3) is 10.9 Å². The van der Waals surface area contributed by atoms with E-state index in [-0.39, 0.29) is 11.9 Å². The zero-order chi connectivity index (χ0) is 21.3. The van der Waals surface area contributed by atoms with Crippen LogP contribution in [-0.2, 0) is 16.6 Å². The van der Waals surface area contributed by atoms with E-state index in [0.29, 0.717) is 38.2 Å². The highest BCUT2D eigenvalue weighted by Gasteiger charge is 2.30. The standard InChI is InChI=1S/C23H27N3O3S/c1-24(30(2,28)29)20-12-14-25(15-13-20)23(27)22-16-19-10-6-7-11-21(19)26(22)17-18-8-4-3-5-9-18/h3-11,16,20H,12-15,17H2,1-2H3. The summed E-state index contributed by atoms with van der Waals surface area (Å²) < 4.78 is 27.2. The summed E-state index contributed by atoms with van der Waals surface area (Å²) in [6.45, 7) is 1.73. The van der Waals surface area contributed by atoms with E-state index in [4.69, 9.17) is 0 Å². The number of fused-ring (bicyclic) bond motifs is 1. The van der Waals surface area contributed by atoms with Crippen molar-refractivity contribution in [2.24, 2.45) is 0 Å². The number of para-hydroxylation sites is 1. The summed E-state index contributed by atoms with van der Waals surface area (Å²) in [5.41, 5.74) is 2.85. The van der Waals surface area contributed by atoms with Crippen LogP contribution in [0.1, 0.15) is 28.9 Å². The monoisotopic (exact) mass is 425 g/mol. The van der Waals surface area contributed by atoms with Crippen molar-refractivity contribution in [3.05, 3.63) is 71.9 Å². The second-order valence-electron chi connectivity index (χ2n) is 7.96. The van der Waals surface area contributed by atoms with E-state index in [9.17, 15) is 13.2 Å². The van der Waals surface area contributed by atoms with Crippen LogP contribution in [0.4, 0.5) is 0 Å². The van der Waals surface area contributed by atoms with Crippen molar-refractivity contribution in [1.82, 2.24) is 13.8 Å². The van der Waals surface area contributed by atoms with Crippen LogP contribution in [0.15, 0.2) is 60.7 Å². The van der Waals surface area contributed by atoms with Crippen molar-refractivity contribution in [2.75, 3.05) is 26.4 Å². The smallest absolute Gasteiger partial charge is 0.270 e. The lowest BCUT2D eigenvalue weighted by atomic mass is 10.0. The van der Waals surface area contributed by atoms with Crippen molar-refractivity contribution in [2.45, 2.75) is 25.4 Å². The van der Waals surface area contributed by atoms with Crippen LogP contribution in [0.2, 0.25) is 0 Å². The maximum atomic E-state index is 13.4. The summed E-state index contributed by atoms with van der Waals surface area (Å²) in [4.78, 5) is 15.3. The van der Waals surface area contributed by atoms with Crippen molar-refractivity contribution in [1.29, 1.82) is 0 Å². The number of carbonyl (C=O) groups excluding carboxylic acids is 1. The molecule has 0 spiro atoms. The Kier molecular flexibility index (Phi) is 5.66. The first-order valence-electron chi connectivity index (χ1n) is 10.2. The summed E-state index contributed by atoms with van der Waals surface area (Å²) >= 11 is 0. The van der Waals surface area contributed by atoms with Gasteiger partial charge in [-0.25, -0.2) is 12.7 Å². The van der Waals surface area contributed by atoms with Gasteiger partial charge in [-0.2, -0.15) is 0 Å². The van der Waals surface area contributed by atoms with E-state index in [1.165, 1.54) is 10.6 Å². The summed E-state index contributed by atoms with van der Waals surface area (Å²) in [5, 5.41) is 1.04. The Morgan fingerprint density at radius 1 is 1.03 bits per heavy atom. The van der Waals surface area contributed by atoms with Gasteiger partial charge in [0, 0.05) is 43.6 Å². The van der Waals surface area contributed by atoms with Crippen molar-refractivity contribution in [3.63, 3.8) is 0 Å². The molecule has 0 aliphatic carbocycles. The first-order chi connectivity index (χ1) is 14.3. The maximum absolute atomic E-state index is 13.4. The van der Waals surface area contributed by atoms with Gasteiger partial charge in [0.05, 0.1) is 6.26 Å². The highest BCUT2D eigenvalue weighted by molar-refractivity contribution is 7.88. The molecule has 6 nitrogen and oxygen atoms in total. The summed E-state index contributed by atoms with van der Waals surface area (Å²) in [6.07, 6.45) is 2.52. The van der Waals surface area contributed by atoms with Crippen molar-refractivity contribution in [3.8, 4) is 0 Å². The molecule has 0 unspecified atom stereocenters. The fourth-order valence-electron chi connectivity index (χ4n) is 4.19. The molecule has 2 heterocycles. The van der Waals surface area contributed by atoms with Crippen LogP contribution in [0, 0.1) is 0 Å². The normalized spacial score (nSPS) is 15.8. The molecule has 0 N–H and O–H groups in total. The largest absolute Gasteiger partial charge is 0.337 e. The molecule has 4 rings (SSSR count). The summed E-state index contributed by atoms with van der Waals surface area (Å²) in [6, 6.07) is 20.1. The molecule has 30 heavy (non-hydrogen) atoms. The molecule has 1 aliphatic rings. The van der Waals surface area contributed by atoms with E-state index in [1.807, 2.05) is 53.4 Å². The molecule has 2 aromatic carbocycles. The Bertz CT molecular complexity index is 1150. The van der Waals surface area contributed by atoms with Gasteiger partial charge in [-0.05, 0) is 30.5 Å². The number of sulfonamides is 1. The van der Waals surface area contributed by atoms with Gasteiger partial charge in [0.1, 0.15) is 5.69 Å². The van der Waals surface area contributed by atoms with E-state index >= 15 is 0 Å².